The fourth-order valence-electron chi connectivity index (χ4n) is 3.14. The molecule has 0 aliphatic carbocycles. The van der Waals surface area contributed by atoms with Crippen molar-refractivity contribution in [1.82, 2.24) is 9.78 Å². The van der Waals surface area contributed by atoms with Gasteiger partial charge >= 0.3 is 12.3 Å². The summed E-state index contributed by atoms with van der Waals surface area (Å²) in [6, 6.07) is 17.8. The Balaban J connectivity index is 1.74. The van der Waals surface area contributed by atoms with E-state index in [1.165, 1.54) is 41.1 Å². The number of carboxylic acid groups (broad SMARTS) is 1. The first kappa shape index (κ1) is 23.5. The van der Waals surface area contributed by atoms with E-state index in [0.29, 0.717) is 38.5 Å². The Hall–Kier alpha value is -3.69. The zero-order chi connectivity index (χ0) is 24.5. The number of nitrogens with one attached hydrogen (secondary N) is 1. The molecule has 1 heterocycles. The summed E-state index contributed by atoms with van der Waals surface area (Å²) in [4.78, 5) is 11.1. The first-order chi connectivity index (χ1) is 16.1. The minimum atomic E-state index is -4.80. The van der Waals surface area contributed by atoms with Crippen LogP contribution in [-0.2, 0) is 0 Å². The molecule has 0 atom stereocenters. The molecule has 34 heavy (non-hydrogen) atoms. The van der Waals surface area contributed by atoms with Gasteiger partial charge in [-0.15, -0.1) is 13.2 Å². The Morgan fingerprint density at radius 3 is 2.12 bits per heavy atom. The van der Waals surface area contributed by atoms with E-state index < -0.39 is 12.3 Å². The largest absolute Gasteiger partial charge is 0.573 e. The van der Waals surface area contributed by atoms with Crippen molar-refractivity contribution < 1.29 is 27.8 Å². The highest BCUT2D eigenvalue weighted by Gasteiger charge is 2.31. The highest BCUT2D eigenvalue weighted by atomic mass is 35.5. The smallest absolute Gasteiger partial charge is 0.478 e. The summed E-state index contributed by atoms with van der Waals surface area (Å²) in [5, 5.41) is 17.6. The molecular weight excluding hydrogens is 494 g/mol. The normalized spacial score (nSPS) is 11.3. The van der Waals surface area contributed by atoms with E-state index in [-0.39, 0.29) is 11.3 Å². The van der Waals surface area contributed by atoms with Gasteiger partial charge in [0.1, 0.15) is 11.6 Å². The third kappa shape index (κ3) is 5.62. The van der Waals surface area contributed by atoms with Gasteiger partial charge in [0.25, 0.3) is 0 Å². The minimum Gasteiger partial charge on any atom is -0.478 e. The summed E-state index contributed by atoms with van der Waals surface area (Å²) in [6.07, 6.45) is -4.80. The summed E-state index contributed by atoms with van der Waals surface area (Å²) in [5.74, 6) is -0.972. The zero-order valence-corrected chi connectivity index (χ0v) is 18.5. The number of ether oxygens (including phenoxy) is 1. The standard InChI is InChI=1S/C23H14Cl2F3N3O3/c24-15-9-14(10-16(25)11-15)20-12-21(29-17-3-1-13(2-4-17)22(32)33)31(30-20)18-5-7-19(8-6-18)34-23(26,27)28/h1-12,29H,(H,32,33). The molecule has 174 valence electrons. The number of benzene rings is 3. The number of aromatic nitrogens is 2. The molecule has 0 bridgehead atoms. The number of rotatable bonds is 6. The number of anilines is 2. The van der Waals surface area contributed by atoms with Crippen molar-refractivity contribution in [3.05, 3.63) is 88.4 Å². The zero-order valence-electron chi connectivity index (χ0n) is 17.0. The van der Waals surface area contributed by atoms with Crippen molar-refractivity contribution in [1.29, 1.82) is 0 Å². The lowest BCUT2D eigenvalue weighted by Gasteiger charge is -2.12. The third-order valence-electron chi connectivity index (χ3n) is 4.59. The van der Waals surface area contributed by atoms with Gasteiger partial charge in [0.15, 0.2) is 0 Å². The topological polar surface area (TPSA) is 76.4 Å². The van der Waals surface area contributed by atoms with Crippen molar-refractivity contribution in [3.63, 3.8) is 0 Å². The van der Waals surface area contributed by atoms with Crippen LogP contribution in [0.4, 0.5) is 24.7 Å². The molecule has 0 fully saturated rings. The summed E-state index contributed by atoms with van der Waals surface area (Å²) >= 11 is 12.2. The van der Waals surface area contributed by atoms with Crippen LogP contribution in [0.3, 0.4) is 0 Å². The Morgan fingerprint density at radius 2 is 1.56 bits per heavy atom. The van der Waals surface area contributed by atoms with Gasteiger partial charge in [0.05, 0.1) is 16.9 Å². The van der Waals surface area contributed by atoms with Gasteiger partial charge in [-0.3, -0.25) is 0 Å². The van der Waals surface area contributed by atoms with Crippen LogP contribution in [0.1, 0.15) is 10.4 Å². The predicted molar refractivity (Wildman–Crippen MR) is 122 cm³/mol. The quantitative estimate of drug-likeness (QED) is 0.289. The molecule has 3 aromatic carbocycles. The monoisotopic (exact) mass is 507 g/mol. The molecule has 0 unspecified atom stereocenters. The molecule has 0 saturated carbocycles. The number of hydrogen-bond acceptors (Lipinski definition) is 4. The van der Waals surface area contributed by atoms with Gasteiger partial charge in [0, 0.05) is 27.4 Å². The van der Waals surface area contributed by atoms with E-state index in [2.05, 4.69) is 15.2 Å². The molecule has 0 aliphatic heterocycles. The lowest BCUT2D eigenvalue weighted by molar-refractivity contribution is -0.274. The molecule has 0 amide bonds. The molecule has 6 nitrogen and oxygen atoms in total. The maximum Gasteiger partial charge on any atom is 0.573 e. The minimum absolute atomic E-state index is 0.119. The first-order valence-corrected chi connectivity index (χ1v) is 10.4. The molecule has 0 radical (unpaired) electrons. The Bertz CT molecular complexity index is 1320. The molecular formula is C23H14Cl2F3N3O3. The molecule has 2 N–H and O–H groups in total. The van der Waals surface area contributed by atoms with Crippen LogP contribution in [-0.4, -0.2) is 27.2 Å². The van der Waals surface area contributed by atoms with Crippen LogP contribution in [0.2, 0.25) is 10.0 Å². The van der Waals surface area contributed by atoms with Crippen molar-refractivity contribution in [2.24, 2.45) is 0 Å². The van der Waals surface area contributed by atoms with Crippen LogP contribution in [0.5, 0.6) is 5.75 Å². The van der Waals surface area contributed by atoms with Gasteiger partial charge in [-0.2, -0.15) is 5.10 Å². The van der Waals surface area contributed by atoms with Crippen molar-refractivity contribution >= 4 is 40.7 Å². The average Bonchev–Trinajstić information content (AvgIpc) is 3.17. The van der Waals surface area contributed by atoms with Crippen LogP contribution < -0.4 is 10.1 Å². The molecule has 0 spiro atoms. The van der Waals surface area contributed by atoms with Crippen molar-refractivity contribution in [2.75, 3.05) is 5.32 Å². The Kier molecular flexibility index (Phi) is 6.41. The van der Waals surface area contributed by atoms with E-state index in [1.54, 1.807) is 36.4 Å². The molecule has 1 aromatic heterocycles. The molecule has 0 aliphatic rings. The third-order valence-corrected chi connectivity index (χ3v) is 5.02. The second-order valence-corrected chi connectivity index (χ2v) is 7.91. The van der Waals surface area contributed by atoms with Gasteiger partial charge in [-0.05, 0) is 66.7 Å². The number of alkyl halides is 3. The number of carbonyl (C=O) groups is 1. The fourth-order valence-corrected chi connectivity index (χ4v) is 3.67. The van der Waals surface area contributed by atoms with Gasteiger partial charge in [-0.1, -0.05) is 23.2 Å². The number of hydrogen-bond donors (Lipinski definition) is 2. The predicted octanol–water partition coefficient (Wildman–Crippen LogP) is 7.19. The van der Waals surface area contributed by atoms with Crippen LogP contribution in [0.15, 0.2) is 72.8 Å². The van der Waals surface area contributed by atoms with E-state index in [1.807, 2.05) is 0 Å². The summed E-state index contributed by atoms with van der Waals surface area (Å²) in [5.41, 5.74) is 2.24. The van der Waals surface area contributed by atoms with Crippen LogP contribution in [0, 0.1) is 0 Å². The highest BCUT2D eigenvalue weighted by Crippen LogP contribution is 2.32. The summed E-state index contributed by atoms with van der Waals surface area (Å²) in [7, 11) is 0. The fraction of sp³-hybridized carbons (Fsp3) is 0.0435. The SMILES string of the molecule is O=C(O)c1ccc(Nc2cc(-c3cc(Cl)cc(Cl)c3)nn2-c2ccc(OC(F)(F)F)cc2)cc1. The highest BCUT2D eigenvalue weighted by molar-refractivity contribution is 6.35. The second kappa shape index (κ2) is 9.28. The molecule has 0 saturated heterocycles. The Morgan fingerprint density at radius 1 is 0.941 bits per heavy atom. The molecule has 11 heteroatoms. The van der Waals surface area contributed by atoms with E-state index in [4.69, 9.17) is 28.3 Å². The van der Waals surface area contributed by atoms with Gasteiger partial charge in [0.2, 0.25) is 0 Å². The van der Waals surface area contributed by atoms with Crippen molar-refractivity contribution in [2.45, 2.75) is 6.36 Å². The summed E-state index contributed by atoms with van der Waals surface area (Å²) < 4.78 is 42.9. The average molecular weight is 508 g/mol. The first-order valence-electron chi connectivity index (χ1n) is 9.60. The number of carboxylic acids is 1. The number of aromatic carboxylic acids is 1. The second-order valence-electron chi connectivity index (χ2n) is 7.03. The van der Waals surface area contributed by atoms with Crippen LogP contribution >= 0.6 is 23.2 Å². The van der Waals surface area contributed by atoms with Gasteiger partial charge < -0.3 is 15.2 Å². The lowest BCUT2D eigenvalue weighted by atomic mass is 10.1. The van der Waals surface area contributed by atoms with Crippen molar-refractivity contribution in [3.8, 4) is 22.7 Å². The number of halogens is 5. The van der Waals surface area contributed by atoms with E-state index in [9.17, 15) is 18.0 Å². The maximum atomic E-state index is 12.5. The lowest BCUT2D eigenvalue weighted by Crippen LogP contribution is -2.17. The number of nitrogens with zero attached hydrogens (tertiary/aromatic N) is 2. The van der Waals surface area contributed by atoms with E-state index >= 15 is 0 Å². The molecule has 4 rings (SSSR count). The summed E-state index contributed by atoms with van der Waals surface area (Å²) in [6.45, 7) is 0. The Labute approximate surface area is 201 Å². The van der Waals surface area contributed by atoms with Gasteiger partial charge in [-0.25, -0.2) is 9.48 Å². The maximum absolute atomic E-state index is 12.5. The van der Waals surface area contributed by atoms with E-state index in [0.717, 1.165) is 0 Å². The van der Waals surface area contributed by atoms with Crippen LogP contribution in [0.25, 0.3) is 16.9 Å². The molecule has 4 aromatic rings.